The van der Waals surface area contributed by atoms with Crippen molar-refractivity contribution in [3.8, 4) is 5.75 Å². The van der Waals surface area contributed by atoms with E-state index in [2.05, 4.69) is 5.32 Å². The van der Waals surface area contributed by atoms with Crippen LogP contribution in [-0.2, 0) is 14.6 Å². The van der Waals surface area contributed by atoms with Gasteiger partial charge in [0.1, 0.15) is 12.4 Å². The number of carbonyl (C=O) groups excluding carboxylic acids is 1. The monoisotopic (exact) mass is 450 g/mol. The summed E-state index contributed by atoms with van der Waals surface area (Å²) in [5.74, 6) is 0.631. The van der Waals surface area contributed by atoms with Crippen molar-refractivity contribution in [1.82, 2.24) is 5.32 Å². The van der Waals surface area contributed by atoms with Gasteiger partial charge in [-0.25, -0.2) is 8.42 Å². The van der Waals surface area contributed by atoms with Crippen LogP contribution in [0, 0.1) is 0 Å². The van der Waals surface area contributed by atoms with Gasteiger partial charge in [0, 0.05) is 12.3 Å². The van der Waals surface area contributed by atoms with Crippen LogP contribution in [0.15, 0.2) is 83.8 Å². The van der Waals surface area contributed by atoms with Crippen molar-refractivity contribution in [2.24, 2.45) is 0 Å². The van der Waals surface area contributed by atoms with Crippen LogP contribution in [0.4, 0.5) is 5.69 Å². The molecule has 32 heavy (non-hydrogen) atoms. The van der Waals surface area contributed by atoms with E-state index in [1.165, 1.54) is 6.26 Å². The molecule has 0 bridgehead atoms. The van der Waals surface area contributed by atoms with Gasteiger partial charge in [0.25, 0.3) is 0 Å². The molecular weight excluding hydrogens is 424 g/mol. The highest BCUT2D eigenvalue weighted by Gasteiger charge is 2.33. The Morgan fingerprint density at radius 3 is 2.38 bits per heavy atom. The zero-order chi connectivity index (χ0) is 22.7. The molecule has 3 aromatic rings. The number of para-hydroxylation sites is 2. The molecule has 6 nitrogen and oxygen atoms in total. The lowest BCUT2D eigenvalue weighted by Gasteiger charge is -2.37. The van der Waals surface area contributed by atoms with Crippen LogP contribution in [0.3, 0.4) is 0 Å². The largest absolute Gasteiger partial charge is 0.489 e. The number of anilines is 1. The third-order valence-corrected chi connectivity index (χ3v) is 6.78. The van der Waals surface area contributed by atoms with Crippen LogP contribution in [0.1, 0.15) is 30.1 Å². The van der Waals surface area contributed by atoms with Gasteiger partial charge in [0.2, 0.25) is 5.91 Å². The number of hydrogen-bond acceptors (Lipinski definition) is 5. The smallest absolute Gasteiger partial charge is 0.241 e. The summed E-state index contributed by atoms with van der Waals surface area (Å²) in [5, 5.41) is 3.28. The summed E-state index contributed by atoms with van der Waals surface area (Å²) in [6.07, 6.45) is 1.19. The molecule has 7 heteroatoms. The number of carbonyl (C=O) groups is 1. The highest BCUT2D eigenvalue weighted by Crippen LogP contribution is 2.39. The van der Waals surface area contributed by atoms with Gasteiger partial charge in [0.05, 0.1) is 23.2 Å². The van der Waals surface area contributed by atoms with E-state index in [4.69, 9.17) is 4.74 Å². The average Bonchev–Trinajstić information content (AvgIpc) is 2.81. The lowest BCUT2D eigenvalue weighted by molar-refractivity contribution is -0.118. The maximum absolute atomic E-state index is 13.4. The van der Waals surface area contributed by atoms with Gasteiger partial charge in [-0.3, -0.25) is 9.69 Å². The highest BCUT2D eigenvalue weighted by atomic mass is 32.2. The molecule has 4 rings (SSSR count). The number of sulfone groups is 1. The van der Waals surface area contributed by atoms with Crippen LogP contribution in [0.2, 0.25) is 0 Å². The molecule has 0 radical (unpaired) electrons. The second kappa shape index (κ2) is 9.14. The van der Waals surface area contributed by atoms with Gasteiger partial charge >= 0.3 is 0 Å². The molecule has 0 saturated carbocycles. The third-order valence-electron chi connectivity index (χ3n) is 5.65. The molecule has 0 aliphatic carbocycles. The van der Waals surface area contributed by atoms with Crippen molar-refractivity contribution < 1.29 is 17.9 Å². The molecule has 2 atom stereocenters. The van der Waals surface area contributed by atoms with Gasteiger partial charge in [-0.1, -0.05) is 54.6 Å². The molecule has 166 valence electrons. The molecule has 3 aromatic carbocycles. The van der Waals surface area contributed by atoms with E-state index in [1.807, 2.05) is 61.5 Å². The fourth-order valence-electron chi connectivity index (χ4n) is 3.87. The molecular formula is C25H26N2O4S. The van der Waals surface area contributed by atoms with E-state index in [0.29, 0.717) is 12.4 Å². The molecule has 0 spiro atoms. The summed E-state index contributed by atoms with van der Waals surface area (Å²) >= 11 is 0. The summed E-state index contributed by atoms with van der Waals surface area (Å²) in [6, 6.07) is 23.8. The van der Waals surface area contributed by atoms with Crippen molar-refractivity contribution in [2.75, 3.05) is 24.3 Å². The number of fused-ring (bicyclic) bond motifs is 1. The number of benzene rings is 3. The number of hydrogen-bond donors (Lipinski definition) is 1. The standard InChI is InChI=1S/C25H26N2O4S/c1-18(19-12-14-21(15-13-19)32(2,29)30)26-16-25(28)27-22-10-6-7-11-24(22)31-17-23(27)20-8-4-3-5-9-20/h3-15,18,23,26H,16-17H2,1-2H3/t18-,23-/m0/s1. The summed E-state index contributed by atoms with van der Waals surface area (Å²) in [7, 11) is -3.24. The van der Waals surface area contributed by atoms with Crippen LogP contribution in [0.5, 0.6) is 5.75 Å². The normalized spacial score (nSPS) is 16.7. The van der Waals surface area contributed by atoms with Crippen molar-refractivity contribution >= 4 is 21.4 Å². The predicted molar refractivity (Wildman–Crippen MR) is 125 cm³/mol. The number of ether oxygens (including phenoxy) is 1. The van der Waals surface area contributed by atoms with E-state index in [1.54, 1.807) is 29.2 Å². The molecule has 1 heterocycles. The first-order valence-electron chi connectivity index (χ1n) is 10.5. The van der Waals surface area contributed by atoms with Crippen LogP contribution >= 0.6 is 0 Å². The Balaban J connectivity index is 1.52. The van der Waals surface area contributed by atoms with Gasteiger partial charge in [-0.05, 0) is 42.3 Å². The fraction of sp³-hybridized carbons (Fsp3) is 0.240. The van der Waals surface area contributed by atoms with E-state index in [0.717, 1.165) is 16.8 Å². The van der Waals surface area contributed by atoms with Crippen molar-refractivity contribution in [1.29, 1.82) is 0 Å². The van der Waals surface area contributed by atoms with Gasteiger partial charge in [-0.2, -0.15) is 0 Å². The van der Waals surface area contributed by atoms with Crippen LogP contribution < -0.4 is 15.0 Å². The Kier molecular flexibility index (Phi) is 6.30. The molecule has 0 unspecified atom stereocenters. The molecule has 1 N–H and O–H groups in total. The van der Waals surface area contributed by atoms with Crippen LogP contribution in [-0.4, -0.2) is 33.7 Å². The summed E-state index contributed by atoms with van der Waals surface area (Å²) in [5.41, 5.74) is 2.68. The lowest BCUT2D eigenvalue weighted by atomic mass is 10.0. The number of amides is 1. The van der Waals surface area contributed by atoms with E-state index >= 15 is 0 Å². The summed E-state index contributed by atoms with van der Waals surface area (Å²) in [4.78, 5) is 15.5. The van der Waals surface area contributed by atoms with E-state index < -0.39 is 9.84 Å². The maximum atomic E-state index is 13.4. The predicted octanol–water partition coefficient (Wildman–Crippen LogP) is 3.91. The Morgan fingerprint density at radius 2 is 1.69 bits per heavy atom. The summed E-state index contributed by atoms with van der Waals surface area (Å²) < 4.78 is 29.3. The minimum absolute atomic E-state index is 0.0609. The second-order valence-corrected chi connectivity index (χ2v) is 9.93. The van der Waals surface area contributed by atoms with E-state index in [-0.39, 0.29) is 29.4 Å². The maximum Gasteiger partial charge on any atom is 0.241 e. The molecule has 0 saturated heterocycles. The fourth-order valence-corrected chi connectivity index (χ4v) is 4.50. The molecule has 1 aliphatic heterocycles. The molecule has 1 amide bonds. The SMILES string of the molecule is C[C@H](NCC(=O)N1c2ccccc2OC[C@H]1c1ccccc1)c1ccc(S(C)(=O)=O)cc1. The average molecular weight is 451 g/mol. The quantitative estimate of drug-likeness (QED) is 0.616. The minimum Gasteiger partial charge on any atom is -0.489 e. The van der Waals surface area contributed by atoms with Gasteiger partial charge < -0.3 is 10.1 Å². The van der Waals surface area contributed by atoms with Gasteiger partial charge in [-0.15, -0.1) is 0 Å². The zero-order valence-corrected chi connectivity index (χ0v) is 18.9. The zero-order valence-electron chi connectivity index (χ0n) is 18.1. The first-order valence-corrected chi connectivity index (χ1v) is 12.4. The topological polar surface area (TPSA) is 75.7 Å². The molecule has 0 fully saturated rings. The lowest BCUT2D eigenvalue weighted by Crippen LogP contribution is -2.45. The van der Waals surface area contributed by atoms with E-state index in [9.17, 15) is 13.2 Å². The van der Waals surface area contributed by atoms with Crippen molar-refractivity contribution in [3.05, 3.63) is 90.0 Å². The minimum atomic E-state index is -3.24. The number of nitrogens with one attached hydrogen (secondary N) is 1. The molecule has 0 aromatic heterocycles. The Bertz CT molecular complexity index is 1190. The second-order valence-electron chi connectivity index (χ2n) is 7.91. The number of rotatable bonds is 6. The first-order chi connectivity index (χ1) is 15.3. The molecule has 1 aliphatic rings. The highest BCUT2D eigenvalue weighted by molar-refractivity contribution is 7.90. The first kappa shape index (κ1) is 22.0. The van der Waals surface area contributed by atoms with Gasteiger partial charge in [0.15, 0.2) is 9.84 Å². The Morgan fingerprint density at radius 1 is 1.03 bits per heavy atom. The van der Waals surface area contributed by atoms with Crippen LogP contribution in [0.25, 0.3) is 0 Å². The van der Waals surface area contributed by atoms with Crippen molar-refractivity contribution in [2.45, 2.75) is 23.9 Å². The summed E-state index contributed by atoms with van der Waals surface area (Å²) in [6.45, 7) is 2.46. The number of nitrogens with zero attached hydrogens (tertiary/aromatic N) is 1. The Hall–Kier alpha value is -3.16. The Labute approximate surface area is 188 Å². The van der Waals surface area contributed by atoms with Crippen molar-refractivity contribution in [3.63, 3.8) is 0 Å². The third kappa shape index (κ3) is 4.69.